The van der Waals surface area contributed by atoms with E-state index in [9.17, 15) is 4.79 Å². The molecule has 1 aliphatic heterocycles. The normalized spacial score (nSPS) is 16.2. The number of thioether (sulfide) groups is 1. The van der Waals surface area contributed by atoms with Crippen LogP contribution >= 0.6 is 11.8 Å². The standard InChI is InChI=1S/C15H18N4O2S/c1-22-15(17-10-16)18-12-2-4-13(5-3-12)19-8-6-11(7-9-19)14(20)21/h2-5,11H,6-9H2,1H3,(H,17,18)(H,20,21). The van der Waals surface area contributed by atoms with Gasteiger partial charge < -0.3 is 10.0 Å². The second kappa shape index (κ2) is 7.71. The molecule has 2 N–H and O–H groups in total. The highest BCUT2D eigenvalue weighted by molar-refractivity contribution is 8.13. The van der Waals surface area contributed by atoms with Crippen LogP contribution in [0.25, 0.3) is 0 Å². The SMILES string of the molecule is CSC(=Nc1ccc(N2CCC(C(=O)O)CC2)cc1)NC#N. The predicted octanol–water partition coefficient (Wildman–Crippen LogP) is 2.41. The van der Waals surface area contributed by atoms with E-state index in [1.165, 1.54) is 11.8 Å². The fourth-order valence-electron chi connectivity index (χ4n) is 2.41. The summed E-state index contributed by atoms with van der Waals surface area (Å²) in [5.74, 6) is -0.916. The molecule has 0 bridgehead atoms. The number of rotatable bonds is 3. The number of aliphatic carboxylic acids is 1. The zero-order valence-electron chi connectivity index (χ0n) is 12.3. The van der Waals surface area contributed by atoms with Gasteiger partial charge in [-0.1, -0.05) is 11.8 Å². The number of benzene rings is 1. The van der Waals surface area contributed by atoms with Crippen molar-refractivity contribution in [3.8, 4) is 6.19 Å². The summed E-state index contributed by atoms with van der Waals surface area (Å²) in [5.41, 5.74) is 1.85. The fraction of sp³-hybridized carbons (Fsp3) is 0.400. The molecule has 7 heteroatoms. The van der Waals surface area contributed by atoms with Gasteiger partial charge in [0.05, 0.1) is 11.6 Å². The van der Waals surface area contributed by atoms with Gasteiger partial charge in [0.1, 0.15) is 0 Å². The first kappa shape index (κ1) is 16.2. The number of nitriles is 1. The van der Waals surface area contributed by atoms with Crippen molar-refractivity contribution in [2.75, 3.05) is 24.2 Å². The molecule has 0 unspecified atom stereocenters. The topological polar surface area (TPSA) is 88.7 Å². The fourth-order valence-corrected chi connectivity index (χ4v) is 2.76. The first-order valence-electron chi connectivity index (χ1n) is 6.99. The number of hydrogen-bond donors (Lipinski definition) is 2. The largest absolute Gasteiger partial charge is 0.481 e. The van der Waals surface area contributed by atoms with Crippen LogP contribution in [0.4, 0.5) is 11.4 Å². The zero-order chi connectivity index (χ0) is 15.9. The number of aliphatic imine (C=N–C) groups is 1. The molecule has 1 fully saturated rings. The van der Waals surface area contributed by atoms with E-state index < -0.39 is 5.97 Å². The average Bonchev–Trinajstić information content (AvgIpc) is 2.55. The summed E-state index contributed by atoms with van der Waals surface area (Å²) in [6.07, 6.45) is 5.07. The summed E-state index contributed by atoms with van der Waals surface area (Å²) in [6.45, 7) is 1.51. The molecular weight excluding hydrogens is 300 g/mol. The maximum Gasteiger partial charge on any atom is 0.306 e. The Morgan fingerprint density at radius 2 is 2.05 bits per heavy atom. The van der Waals surface area contributed by atoms with Crippen molar-refractivity contribution in [1.29, 1.82) is 5.26 Å². The molecule has 0 spiro atoms. The second-order valence-corrected chi connectivity index (χ2v) is 5.77. The van der Waals surface area contributed by atoms with Gasteiger partial charge in [-0.05, 0) is 43.4 Å². The van der Waals surface area contributed by atoms with Crippen LogP contribution in [0, 0.1) is 17.4 Å². The Kier molecular flexibility index (Phi) is 5.67. The molecule has 1 heterocycles. The minimum atomic E-state index is -0.695. The van der Waals surface area contributed by atoms with Crippen LogP contribution in [-0.4, -0.2) is 35.6 Å². The van der Waals surface area contributed by atoms with Crippen LogP contribution < -0.4 is 10.2 Å². The molecule has 116 valence electrons. The highest BCUT2D eigenvalue weighted by atomic mass is 32.2. The minimum Gasteiger partial charge on any atom is -0.481 e. The molecular formula is C15H18N4O2S. The third kappa shape index (κ3) is 4.15. The first-order chi connectivity index (χ1) is 10.6. The number of carboxylic acids is 1. The van der Waals surface area contributed by atoms with Gasteiger partial charge in [-0.25, -0.2) is 4.99 Å². The summed E-state index contributed by atoms with van der Waals surface area (Å²) < 4.78 is 0. The molecule has 6 nitrogen and oxygen atoms in total. The lowest BCUT2D eigenvalue weighted by Gasteiger charge is -2.31. The quantitative estimate of drug-likeness (QED) is 0.385. The smallest absolute Gasteiger partial charge is 0.306 e. The lowest BCUT2D eigenvalue weighted by atomic mass is 9.97. The van der Waals surface area contributed by atoms with Crippen LogP contribution in [0.15, 0.2) is 29.3 Å². The predicted molar refractivity (Wildman–Crippen MR) is 88.4 cm³/mol. The molecule has 22 heavy (non-hydrogen) atoms. The van der Waals surface area contributed by atoms with Gasteiger partial charge in [-0.2, -0.15) is 5.26 Å². The third-order valence-electron chi connectivity index (χ3n) is 3.65. The number of nitrogens with one attached hydrogen (secondary N) is 1. The molecule has 2 rings (SSSR count). The van der Waals surface area contributed by atoms with Crippen molar-refractivity contribution in [1.82, 2.24) is 5.32 Å². The number of nitrogens with zero attached hydrogens (tertiary/aromatic N) is 3. The Bertz CT molecular complexity index is 587. The van der Waals surface area contributed by atoms with E-state index in [0.717, 1.165) is 24.5 Å². The van der Waals surface area contributed by atoms with Gasteiger partial charge >= 0.3 is 5.97 Å². The molecule has 1 saturated heterocycles. The maximum absolute atomic E-state index is 11.0. The van der Waals surface area contributed by atoms with Crippen molar-refractivity contribution in [3.63, 3.8) is 0 Å². The lowest BCUT2D eigenvalue weighted by Crippen LogP contribution is -2.36. The number of amidine groups is 1. The summed E-state index contributed by atoms with van der Waals surface area (Å²) in [5, 5.41) is 20.7. The Morgan fingerprint density at radius 3 is 2.55 bits per heavy atom. The molecule has 0 aromatic heterocycles. The van der Waals surface area contributed by atoms with Crippen molar-refractivity contribution >= 4 is 34.3 Å². The van der Waals surface area contributed by atoms with Crippen LogP contribution in [0.3, 0.4) is 0 Å². The van der Waals surface area contributed by atoms with Crippen molar-refractivity contribution in [2.45, 2.75) is 12.8 Å². The van der Waals surface area contributed by atoms with E-state index in [1.54, 1.807) is 0 Å². The molecule has 0 atom stereocenters. The second-order valence-electron chi connectivity index (χ2n) is 4.97. The molecule has 1 aliphatic rings. The van der Waals surface area contributed by atoms with Gasteiger partial charge in [0.2, 0.25) is 0 Å². The summed E-state index contributed by atoms with van der Waals surface area (Å²) in [4.78, 5) is 17.5. The number of hydrogen-bond acceptors (Lipinski definition) is 5. The third-order valence-corrected chi connectivity index (χ3v) is 4.23. The molecule has 0 amide bonds. The van der Waals surface area contributed by atoms with Crippen molar-refractivity contribution < 1.29 is 9.90 Å². The van der Waals surface area contributed by atoms with Crippen molar-refractivity contribution in [3.05, 3.63) is 24.3 Å². The Morgan fingerprint density at radius 1 is 1.41 bits per heavy atom. The molecule has 1 aromatic carbocycles. The van der Waals surface area contributed by atoms with E-state index >= 15 is 0 Å². The lowest BCUT2D eigenvalue weighted by molar-refractivity contribution is -0.142. The molecule has 0 aliphatic carbocycles. The van der Waals surface area contributed by atoms with Crippen molar-refractivity contribution in [2.24, 2.45) is 10.9 Å². The Labute approximate surface area is 133 Å². The summed E-state index contributed by atoms with van der Waals surface area (Å²) in [6, 6.07) is 7.75. The highest BCUT2D eigenvalue weighted by Gasteiger charge is 2.24. The van der Waals surface area contributed by atoms with Crippen LogP contribution in [0.1, 0.15) is 12.8 Å². The van der Waals surface area contributed by atoms with Gasteiger partial charge in [-0.3, -0.25) is 10.1 Å². The highest BCUT2D eigenvalue weighted by Crippen LogP contribution is 2.25. The van der Waals surface area contributed by atoms with Gasteiger partial charge in [0, 0.05) is 18.8 Å². The monoisotopic (exact) mass is 318 g/mol. The zero-order valence-corrected chi connectivity index (χ0v) is 13.1. The van der Waals surface area contributed by atoms with Gasteiger partial charge in [0.15, 0.2) is 11.4 Å². The Hall–Kier alpha value is -2.20. The number of piperidine rings is 1. The maximum atomic E-state index is 11.0. The minimum absolute atomic E-state index is 0.221. The van der Waals surface area contributed by atoms with Crippen LogP contribution in [0.5, 0.6) is 0 Å². The first-order valence-corrected chi connectivity index (χ1v) is 8.22. The Balaban J connectivity index is 2.01. The number of carboxylic acid groups (broad SMARTS) is 1. The molecule has 0 radical (unpaired) electrons. The van der Waals surface area contributed by atoms with E-state index in [1.807, 2.05) is 36.7 Å². The summed E-state index contributed by atoms with van der Waals surface area (Å²) >= 11 is 1.37. The number of anilines is 1. The van der Waals surface area contributed by atoms with Gasteiger partial charge in [0.25, 0.3) is 0 Å². The van der Waals surface area contributed by atoms with E-state index in [0.29, 0.717) is 18.0 Å². The van der Waals surface area contributed by atoms with Crippen LogP contribution in [-0.2, 0) is 4.79 Å². The van der Waals surface area contributed by atoms with Crippen LogP contribution in [0.2, 0.25) is 0 Å². The van der Waals surface area contributed by atoms with Gasteiger partial charge in [-0.15, -0.1) is 0 Å². The number of carbonyl (C=O) groups is 1. The van der Waals surface area contributed by atoms with E-state index in [2.05, 4.69) is 15.2 Å². The van der Waals surface area contributed by atoms with E-state index in [-0.39, 0.29) is 5.92 Å². The summed E-state index contributed by atoms with van der Waals surface area (Å²) in [7, 11) is 0. The molecule has 1 aromatic rings. The average molecular weight is 318 g/mol. The molecule has 0 saturated carbocycles. The van der Waals surface area contributed by atoms with E-state index in [4.69, 9.17) is 10.4 Å².